The second kappa shape index (κ2) is 82.4. The molecule has 0 radical (unpaired) electrons. The van der Waals surface area contributed by atoms with E-state index in [4.69, 9.17) is 31.3 Å². The molecule has 140 heavy (non-hydrogen) atoms. The van der Waals surface area contributed by atoms with E-state index in [0.717, 1.165) is 91.0 Å². The van der Waals surface area contributed by atoms with Crippen molar-refractivity contribution in [2.45, 2.75) is 364 Å². The Balaban J connectivity index is -0.000000287. The molecule has 5 aromatic heterocycles. The fourth-order valence-corrected chi connectivity index (χ4v) is 24.7. The molecule has 780 valence electrons. The summed E-state index contributed by atoms with van der Waals surface area (Å²) in [5.41, 5.74) is 11.6. The van der Waals surface area contributed by atoms with Gasteiger partial charge in [-0.15, -0.1) is 23.0 Å². The number of nitrogens with zero attached hydrogens (tertiary/aromatic N) is 7. The first-order valence-electron chi connectivity index (χ1n) is 48.5. The third-order valence-corrected chi connectivity index (χ3v) is 37.4. The number of anilines is 2. The van der Waals surface area contributed by atoms with Crippen molar-refractivity contribution in [3.63, 3.8) is 0 Å². The molecule has 33 heteroatoms. The Morgan fingerprint density at radius 2 is 0.979 bits per heavy atom. The predicted molar refractivity (Wildman–Crippen MR) is 587 cm³/mol. The van der Waals surface area contributed by atoms with E-state index in [9.17, 15) is 40.6 Å². The summed E-state index contributed by atoms with van der Waals surface area (Å²) in [5, 5.41) is 37.3. The Morgan fingerprint density at radius 3 is 1.30 bits per heavy atom. The number of aliphatic hydroxyl groups excluding tert-OH is 4. The third kappa shape index (κ3) is 77.8. The molecule has 0 amide bonds. The van der Waals surface area contributed by atoms with Crippen molar-refractivity contribution in [2.24, 2.45) is 39.1 Å². The summed E-state index contributed by atoms with van der Waals surface area (Å²) in [6, 6.07) is 30.9. The SMILES string of the molecule is Br.CC(=O)c1cccnc1.CC(C)(C)S(=O)N=C(CCC1CC1)c1cccnc1.CC(C)(C)S(=O)NC(CCC1CC1)(c1cccnc1)c1ccc(F)c(N)c1.CC(C)(C)[S@](N)=O.CC(C)O.CC(C)O.CC(C)O.CC(C)O.CCC[CH2][SnH]([CH2]CCC)[CH2]CCC.CN(c1c[c-]ccc1F)[Si](C)(C)C.O=C(/C=C/C1CC1)c1cccnc1.O=C(CCC1CC1)c1cccnc1.O=CC1CC1.[H-].[K+].[Mg+2].[OH-].[Ti]. The molecule has 0 aliphatic heterocycles. The molecular formula is C107H176BrF2KMgN10O12S3SiSnTi. The minimum absolute atomic E-state index is 0. The fraction of sp³-hybridized carbons (Fsp3) is 0.589. The van der Waals surface area contributed by atoms with E-state index in [0.29, 0.717) is 41.0 Å². The van der Waals surface area contributed by atoms with Crippen molar-refractivity contribution >= 4 is 142 Å². The van der Waals surface area contributed by atoms with Gasteiger partial charge in [0.1, 0.15) is 31.3 Å². The maximum absolute atomic E-state index is 13.8. The van der Waals surface area contributed by atoms with E-state index in [1.807, 2.05) is 123 Å². The molecule has 12 rings (SSSR count). The number of halogens is 3. The van der Waals surface area contributed by atoms with Gasteiger partial charge in [0, 0.05) is 149 Å². The number of carbonyl (C=O) groups is 4. The number of carbonyl (C=O) groups excluding carboxylic acids is 4. The van der Waals surface area contributed by atoms with Crippen molar-refractivity contribution in [3.8, 4) is 0 Å². The van der Waals surface area contributed by atoms with Gasteiger partial charge in [-0.3, -0.25) is 44.4 Å². The average Bonchev–Trinajstić information content (AvgIpc) is 1.76. The molecule has 5 aliphatic carbocycles. The monoisotopic (exact) mass is 2260 g/mol. The standard InChI is InChI=1S/C21H28FN3OS.C15H22N2OS.C11H13NO.C11H11NO.C10H15FNSi.C7H7NO.C4H11NOS.C4H6O.3C4H9.4C3H8O.BrH.K.Mg.H2O.Sn.Ti.2H/c1-20(2,3)27(26)25-21(11-10-15-6-7-15,17-5-4-12-24-14-17)16-8-9-18(22)19(23)13-16;1-15(2,3)19(18)17-14(9-8-12-6-7-12)13-5-4-10-16-11-13;2*13-11(6-5-9-3-4-9)10-2-1-7-12-8-10;1-12(13(2,3)4)10-8-6-5-7-9(10)11;1-6(9)7-3-2-4-8-5-7;1-4(2,3)7(5)6;5-3-4-1-2-4;3*1-3-4-2;4*1-3(2)4;;;;;;;;/h4-5,8-9,12-15,25H,6-7,10-11,23H2,1-3H3;4-5,10-12H,6-9H2,1-3H3;1-2,7-9H,3-6H2;1-2,5-9H,3-4H2;5,7-8H,1-4H3;2-5H,1H3;5H2,1-3H3;3-4H,1-2H2;3*1,3-4H2,2H3;4*3-4H,1-2H3;1H;;;1H2;;;;/q;;;;-1;;;;;;;;;;;;+1;+2;;;;;-1/p-1/b;;;6-5+;;;;;;;;;;;;;;;;;;;/t;;;;;;7-;;;;;;;;;;;;;;;;/m......1................/s1. The smallest absolute Gasteiger partial charge is 1.00 e. The largest absolute Gasteiger partial charge is 2.00 e. The van der Waals surface area contributed by atoms with E-state index in [2.05, 4.69) is 80.5 Å². The molecule has 7 aromatic rings. The maximum atomic E-state index is 13.8. The topological polar surface area (TPSA) is 375 Å². The van der Waals surface area contributed by atoms with Gasteiger partial charge >= 0.3 is 167 Å². The normalized spacial score (nSPS) is 14.3. The maximum Gasteiger partial charge on any atom is 2.00 e. The number of allylic oxidation sites excluding steroid dienone is 2. The molecule has 2 aromatic carbocycles. The van der Waals surface area contributed by atoms with Crippen molar-refractivity contribution in [2.75, 3.05) is 17.3 Å². The van der Waals surface area contributed by atoms with Gasteiger partial charge in [0.15, 0.2) is 17.3 Å². The van der Waals surface area contributed by atoms with Crippen LogP contribution in [-0.4, -0.2) is 190 Å². The molecule has 0 saturated heterocycles. The predicted octanol–water partition coefficient (Wildman–Crippen LogP) is 21.0. The summed E-state index contributed by atoms with van der Waals surface area (Å²) in [6.45, 7) is 46.0. The summed E-state index contributed by atoms with van der Waals surface area (Å²) in [6.07, 6.45) is 47.9. The van der Waals surface area contributed by atoms with Gasteiger partial charge in [-0.2, -0.15) is 22.6 Å². The molecule has 0 bridgehead atoms. The first-order chi connectivity index (χ1) is 63.3. The average molecular weight is 2270 g/mol. The van der Waals surface area contributed by atoms with Gasteiger partial charge in [-0.05, 0) is 297 Å². The summed E-state index contributed by atoms with van der Waals surface area (Å²) >= 11 is -0.967. The molecule has 22 nitrogen and oxygen atoms in total. The van der Waals surface area contributed by atoms with Crippen LogP contribution in [0.15, 0.2) is 176 Å². The Hall–Kier alpha value is -3.48. The number of aromatic nitrogens is 5. The molecule has 10 N–H and O–H groups in total. The Bertz CT molecular complexity index is 4450. The van der Waals surface area contributed by atoms with E-state index in [1.54, 1.807) is 179 Å². The zero-order valence-electron chi connectivity index (χ0n) is 90.7. The van der Waals surface area contributed by atoms with Crippen LogP contribution in [0.25, 0.3) is 0 Å². The van der Waals surface area contributed by atoms with Crippen LogP contribution in [0.2, 0.25) is 33.0 Å². The molecule has 5 fully saturated rings. The third-order valence-electron chi connectivity index (χ3n) is 20.4. The Kier molecular flexibility index (Phi) is 86.6. The van der Waals surface area contributed by atoms with Gasteiger partial charge in [0.2, 0.25) is 0 Å². The van der Waals surface area contributed by atoms with E-state index in [-0.39, 0.29) is 183 Å². The van der Waals surface area contributed by atoms with Crippen molar-refractivity contribution < 1.29 is 141 Å². The number of rotatable bonds is 32. The Morgan fingerprint density at radius 1 is 0.586 bits per heavy atom. The number of pyridine rings is 5. The van der Waals surface area contributed by atoms with Crippen LogP contribution >= 0.6 is 17.0 Å². The minimum atomic E-state index is -1.46. The number of nitrogen functional groups attached to an aromatic ring is 1. The van der Waals surface area contributed by atoms with Crippen molar-refractivity contribution in [3.05, 3.63) is 222 Å². The summed E-state index contributed by atoms with van der Waals surface area (Å²) in [5.74, 6) is 3.23. The summed E-state index contributed by atoms with van der Waals surface area (Å²) in [4.78, 5) is 63.2. The molecule has 5 heterocycles. The first kappa shape index (κ1) is 147. The molecule has 5 saturated carbocycles. The first-order valence-corrected chi connectivity index (χ1v) is 62.5. The van der Waals surface area contributed by atoms with Crippen LogP contribution in [0.5, 0.6) is 0 Å². The van der Waals surface area contributed by atoms with Crippen LogP contribution in [0, 0.1) is 47.3 Å². The van der Waals surface area contributed by atoms with E-state index in [1.165, 1.54) is 109 Å². The number of ketones is 3. The number of hydrogen-bond donors (Lipinski definition) is 7. The van der Waals surface area contributed by atoms with Gasteiger partial charge in [0.05, 0.1) is 53.2 Å². The summed E-state index contributed by atoms with van der Waals surface area (Å²) in [7, 11) is -3.23. The van der Waals surface area contributed by atoms with Crippen LogP contribution in [0.4, 0.5) is 20.2 Å². The molecular weight excluding hydrogens is 2090 g/mol. The quantitative estimate of drug-likeness (QED) is 0.00392. The molecule has 3 unspecified atom stereocenters. The minimum Gasteiger partial charge on any atom is -1.00 e. The number of nitrogens with two attached hydrogens (primary N) is 2. The molecule has 0 spiro atoms. The second-order valence-corrected chi connectivity index (χ2v) is 60.5. The van der Waals surface area contributed by atoms with E-state index < -0.39 is 77.1 Å². The number of aliphatic hydroxyl groups is 4. The zero-order valence-corrected chi connectivity index (χ0v) is 104. The molecule has 5 aliphatic rings. The van der Waals surface area contributed by atoms with Gasteiger partial charge in [0.25, 0.3) is 0 Å². The van der Waals surface area contributed by atoms with E-state index >= 15 is 0 Å². The molecule has 4 atom stereocenters. The van der Waals surface area contributed by atoms with Crippen LogP contribution in [0.1, 0.15) is 336 Å². The number of benzene rings is 2. The number of hydrogen-bond acceptors (Lipinski definition) is 19. The van der Waals surface area contributed by atoms with Crippen LogP contribution < -0.4 is 71.5 Å². The summed E-state index contributed by atoms with van der Waals surface area (Å²) < 4.78 is 76.8. The van der Waals surface area contributed by atoms with Gasteiger partial charge < -0.3 is 42.4 Å². The van der Waals surface area contributed by atoms with Crippen molar-refractivity contribution in [1.29, 1.82) is 0 Å². The second-order valence-electron chi connectivity index (χ2n) is 39.9. The van der Waals surface area contributed by atoms with Crippen LogP contribution in [0.3, 0.4) is 0 Å². The fourth-order valence-electron chi connectivity index (χ4n) is 11.2. The van der Waals surface area contributed by atoms with Gasteiger partial charge in [-0.25, -0.2) is 26.1 Å². The number of nitrogens with one attached hydrogen (secondary N) is 1. The number of aldehydes is 1. The Labute approximate surface area is 944 Å². The number of Topliss-reactive ketones (excluding diaryl/α,β-unsaturated/α-hetero) is 2. The van der Waals surface area contributed by atoms with Crippen molar-refractivity contribution in [1.82, 2.24) is 29.6 Å². The zero-order chi connectivity index (χ0) is 103. The van der Waals surface area contributed by atoms with Gasteiger partial charge in [-0.1, -0.05) is 82.4 Å². The van der Waals surface area contributed by atoms with Crippen LogP contribution in [-0.2, 0) is 65.0 Å². The number of unbranched alkanes of at least 4 members (excludes halogenated alkanes) is 3.